The topological polar surface area (TPSA) is 92.5 Å². The molecule has 1 atom stereocenters. The predicted octanol–water partition coefficient (Wildman–Crippen LogP) is 5.27. The van der Waals surface area contributed by atoms with Crippen molar-refractivity contribution < 1.29 is 18.8 Å². The second-order valence-electron chi connectivity index (χ2n) is 8.39. The highest BCUT2D eigenvalue weighted by molar-refractivity contribution is 6.23. The second kappa shape index (κ2) is 7.92. The van der Waals surface area contributed by atoms with Crippen LogP contribution in [0.5, 0.6) is 0 Å². The molecule has 170 valence electrons. The largest absolute Gasteiger partial charge is 0.435 e. The van der Waals surface area contributed by atoms with Crippen molar-refractivity contribution >= 4 is 45.3 Å². The number of nitrogens with one attached hydrogen (secondary N) is 1. The molecule has 0 bridgehead atoms. The predicted molar refractivity (Wildman–Crippen MR) is 132 cm³/mol. The molecule has 0 spiro atoms. The van der Waals surface area contributed by atoms with E-state index in [1.807, 2.05) is 42.5 Å². The van der Waals surface area contributed by atoms with Gasteiger partial charge in [-0.2, -0.15) is 0 Å². The van der Waals surface area contributed by atoms with Gasteiger partial charge in [0, 0.05) is 5.39 Å². The Hall–Kier alpha value is -4.78. The fraction of sp³-hybridized carbons (Fsp3) is 0.0714. The highest BCUT2D eigenvalue weighted by Gasteiger charge is 2.40. The van der Waals surface area contributed by atoms with Gasteiger partial charge in [0.15, 0.2) is 5.58 Å². The third kappa shape index (κ3) is 3.28. The molecular weight excluding hydrogens is 442 g/mol. The molecule has 1 aliphatic rings. The van der Waals surface area contributed by atoms with Crippen molar-refractivity contribution in [1.82, 2.24) is 9.88 Å². The molecule has 7 heteroatoms. The number of carbonyl (C=O) groups is 3. The number of para-hydroxylation sites is 1. The molecule has 0 saturated carbocycles. The smallest absolute Gasteiger partial charge is 0.262 e. The molecule has 2 heterocycles. The lowest BCUT2D eigenvalue weighted by Gasteiger charge is -2.22. The second-order valence-corrected chi connectivity index (χ2v) is 8.39. The maximum atomic E-state index is 13.2. The average Bonchev–Trinajstić information content (AvgIpc) is 3.43. The third-order valence-electron chi connectivity index (χ3n) is 6.29. The standard InChI is InChI=1S/C28H19N3O4/c1-16(31-27(33)19-10-4-5-11-20(19)28(31)34)25(32)29-22-13-7-6-12-21(22)26-30-23-15-14-17-8-2-3-9-18(17)24(23)35-26/h2-16H,1H3,(H,29,32). The summed E-state index contributed by atoms with van der Waals surface area (Å²) < 4.78 is 6.15. The van der Waals surface area contributed by atoms with Crippen molar-refractivity contribution in [2.24, 2.45) is 0 Å². The number of amides is 3. The average molecular weight is 461 g/mol. The maximum Gasteiger partial charge on any atom is 0.262 e. The number of oxazole rings is 1. The molecule has 1 unspecified atom stereocenters. The Labute approximate surface area is 200 Å². The molecule has 0 saturated heterocycles. The van der Waals surface area contributed by atoms with Crippen molar-refractivity contribution in [2.75, 3.05) is 5.32 Å². The summed E-state index contributed by atoms with van der Waals surface area (Å²) in [7, 11) is 0. The van der Waals surface area contributed by atoms with Crippen LogP contribution in [0.4, 0.5) is 5.69 Å². The summed E-state index contributed by atoms with van der Waals surface area (Å²) in [5.41, 5.74) is 3.04. The Bertz CT molecular complexity index is 1630. The highest BCUT2D eigenvalue weighted by atomic mass is 16.3. The Morgan fingerprint density at radius 1 is 0.829 bits per heavy atom. The fourth-order valence-electron chi connectivity index (χ4n) is 4.46. The Morgan fingerprint density at radius 3 is 2.20 bits per heavy atom. The molecule has 7 nitrogen and oxygen atoms in total. The van der Waals surface area contributed by atoms with Crippen LogP contribution in [0.2, 0.25) is 0 Å². The molecule has 6 rings (SSSR count). The van der Waals surface area contributed by atoms with Crippen LogP contribution >= 0.6 is 0 Å². The van der Waals surface area contributed by atoms with E-state index < -0.39 is 23.8 Å². The minimum atomic E-state index is -1.01. The summed E-state index contributed by atoms with van der Waals surface area (Å²) in [6, 6.07) is 24.5. The molecule has 1 aromatic heterocycles. The molecule has 4 aromatic carbocycles. The number of fused-ring (bicyclic) bond motifs is 4. The zero-order valence-corrected chi connectivity index (χ0v) is 18.7. The number of anilines is 1. The summed E-state index contributed by atoms with van der Waals surface area (Å²) in [4.78, 5) is 44.4. The maximum absolute atomic E-state index is 13.2. The number of hydrogen-bond acceptors (Lipinski definition) is 5. The lowest BCUT2D eigenvalue weighted by Crippen LogP contribution is -2.45. The van der Waals surface area contributed by atoms with Gasteiger partial charge in [0.1, 0.15) is 11.6 Å². The number of hydrogen-bond donors (Lipinski definition) is 1. The van der Waals surface area contributed by atoms with Crippen LogP contribution in [-0.4, -0.2) is 33.6 Å². The minimum absolute atomic E-state index is 0.302. The summed E-state index contributed by atoms with van der Waals surface area (Å²) in [5.74, 6) is -1.09. The first kappa shape index (κ1) is 20.8. The summed E-state index contributed by atoms with van der Waals surface area (Å²) in [5, 5.41) is 4.84. The van der Waals surface area contributed by atoms with E-state index in [0.29, 0.717) is 39.4 Å². The molecule has 1 N–H and O–H groups in total. The van der Waals surface area contributed by atoms with Gasteiger partial charge in [0.2, 0.25) is 11.8 Å². The SMILES string of the molecule is CC(C(=O)Nc1ccccc1-c1nc2ccc3ccccc3c2o1)N1C(=O)c2ccccc2C1=O. The molecule has 5 aromatic rings. The molecular formula is C28H19N3O4. The van der Waals surface area contributed by atoms with Crippen LogP contribution < -0.4 is 5.32 Å². The van der Waals surface area contributed by atoms with Crippen molar-refractivity contribution in [1.29, 1.82) is 0 Å². The fourth-order valence-corrected chi connectivity index (χ4v) is 4.46. The van der Waals surface area contributed by atoms with E-state index in [1.54, 1.807) is 42.5 Å². The normalized spacial score (nSPS) is 13.9. The van der Waals surface area contributed by atoms with Gasteiger partial charge in [0.25, 0.3) is 11.8 Å². The van der Waals surface area contributed by atoms with Crippen molar-refractivity contribution in [2.45, 2.75) is 13.0 Å². The van der Waals surface area contributed by atoms with Gasteiger partial charge in [-0.3, -0.25) is 19.3 Å². The molecule has 0 aliphatic carbocycles. The lowest BCUT2D eigenvalue weighted by molar-refractivity contribution is -0.119. The van der Waals surface area contributed by atoms with Gasteiger partial charge in [-0.15, -0.1) is 0 Å². The van der Waals surface area contributed by atoms with E-state index in [1.165, 1.54) is 6.92 Å². The Morgan fingerprint density at radius 2 is 1.46 bits per heavy atom. The number of carbonyl (C=O) groups excluding carboxylic acids is 3. The summed E-state index contributed by atoms with van der Waals surface area (Å²) in [6.45, 7) is 1.53. The van der Waals surface area contributed by atoms with Crippen LogP contribution in [0, 0.1) is 0 Å². The molecule has 1 aliphatic heterocycles. The quantitative estimate of drug-likeness (QED) is 0.368. The Kier molecular flexibility index (Phi) is 4.70. The molecule has 35 heavy (non-hydrogen) atoms. The van der Waals surface area contributed by atoms with E-state index in [-0.39, 0.29) is 0 Å². The highest BCUT2D eigenvalue weighted by Crippen LogP contribution is 2.34. The Balaban J connectivity index is 1.32. The van der Waals surface area contributed by atoms with Gasteiger partial charge < -0.3 is 9.73 Å². The van der Waals surface area contributed by atoms with Crippen LogP contribution in [0.3, 0.4) is 0 Å². The van der Waals surface area contributed by atoms with Crippen molar-refractivity contribution in [3.63, 3.8) is 0 Å². The van der Waals surface area contributed by atoms with Crippen LogP contribution in [0.25, 0.3) is 33.3 Å². The zero-order chi connectivity index (χ0) is 24.1. The minimum Gasteiger partial charge on any atom is -0.435 e. The van der Waals surface area contributed by atoms with E-state index in [9.17, 15) is 14.4 Å². The number of nitrogens with zero attached hydrogens (tertiary/aromatic N) is 2. The molecule has 0 radical (unpaired) electrons. The van der Waals surface area contributed by atoms with Gasteiger partial charge >= 0.3 is 0 Å². The number of rotatable bonds is 4. The number of aromatic nitrogens is 1. The monoisotopic (exact) mass is 461 g/mol. The first-order valence-electron chi connectivity index (χ1n) is 11.2. The molecule has 0 fully saturated rings. The van der Waals surface area contributed by atoms with Gasteiger partial charge in [0.05, 0.1) is 22.4 Å². The van der Waals surface area contributed by atoms with E-state index >= 15 is 0 Å². The first-order chi connectivity index (χ1) is 17.0. The van der Waals surface area contributed by atoms with Crippen LogP contribution in [0.1, 0.15) is 27.6 Å². The lowest BCUT2D eigenvalue weighted by atomic mass is 10.1. The van der Waals surface area contributed by atoms with Gasteiger partial charge in [-0.05, 0) is 42.6 Å². The van der Waals surface area contributed by atoms with E-state index in [4.69, 9.17) is 4.42 Å². The van der Waals surface area contributed by atoms with E-state index in [2.05, 4.69) is 10.3 Å². The molecule has 3 amide bonds. The van der Waals surface area contributed by atoms with Gasteiger partial charge in [-0.1, -0.05) is 54.6 Å². The van der Waals surface area contributed by atoms with Crippen molar-refractivity contribution in [3.8, 4) is 11.5 Å². The van der Waals surface area contributed by atoms with Crippen molar-refractivity contribution in [3.05, 3.63) is 96.1 Å². The number of imide groups is 1. The summed E-state index contributed by atoms with van der Waals surface area (Å²) in [6.07, 6.45) is 0. The van der Waals surface area contributed by atoms with Crippen LogP contribution in [-0.2, 0) is 4.79 Å². The zero-order valence-electron chi connectivity index (χ0n) is 18.7. The van der Waals surface area contributed by atoms with Gasteiger partial charge in [-0.25, -0.2) is 4.98 Å². The van der Waals surface area contributed by atoms with E-state index in [0.717, 1.165) is 15.7 Å². The number of benzene rings is 4. The van der Waals surface area contributed by atoms with Crippen LogP contribution in [0.15, 0.2) is 89.3 Å². The third-order valence-corrected chi connectivity index (χ3v) is 6.29. The first-order valence-corrected chi connectivity index (χ1v) is 11.2. The summed E-state index contributed by atoms with van der Waals surface area (Å²) >= 11 is 0.